The Kier molecular flexibility index (Phi) is 7.59. The lowest BCUT2D eigenvalue weighted by Gasteiger charge is -2.15. The molecule has 1 aromatic heterocycles. The van der Waals surface area contributed by atoms with Gasteiger partial charge in [0.1, 0.15) is 5.82 Å². The smallest absolute Gasteiger partial charge is 0.258 e. The van der Waals surface area contributed by atoms with Gasteiger partial charge in [-0.15, -0.1) is 0 Å². The summed E-state index contributed by atoms with van der Waals surface area (Å²) < 4.78 is 15.2. The fourth-order valence-corrected chi connectivity index (χ4v) is 3.11. The van der Waals surface area contributed by atoms with E-state index in [1.54, 1.807) is 18.2 Å². The predicted octanol–water partition coefficient (Wildman–Crippen LogP) is 4.20. The number of nitrogens with one attached hydrogen (secondary N) is 2. The molecule has 0 spiro atoms. The summed E-state index contributed by atoms with van der Waals surface area (Å²) in [5.74, 6) is -0.350. The first kappa shape index (κ1) is 23.0. The van der Waals surface area contributed by atoms with Gasteiger partial charge in [0.05, 0.1) is 12.2 Å². The Morgan fingerprint density at radius 2 is 1.94 bits per heavy atom. The number of rotatable bonds is 7. The molecule has 0 unspecified atom stereocenters. The summed E-state index contributed by atoms with van der Waals surface area (Å²) in [6.45, 7) is 5.22. The maximum atomic E-state index is 13.3. The van der Waals surface area contributed by atoms with Gasteiger partial charge in [0, 0.05) is 49.3 Å². The molecule has 0 saturated heterocycles. The first-order valence-electron chi connectivity index (χ1n) is 10.5. The van der Waals surface area contributed by atoms with Crippen LogP contribution in [0, 0.1) is 12.7 Å². The largest absolute Gasteiger partial charge is 0.378 e. The van der Waals surface area contributed by atoms with Gasteiger partial charge in [-0.25, -0.2) is 9.38 Å². The summed E-state index contributed by atoms with van der Waals surface area (Å²) in [5, 5.41) is 10.4. The molecule has 0 radical (unpaired) electrons. The van der Waals surface area contributed by atoms with E-state index in [0.717, 1.165) is 29.9 Å². The summed E-state index contributed by atoms with van der Waals surface area (Å²) in [5.41, 5.74) is 3.92. The van der Waals surface area contributed by atoms with E-state index in [-0.39, 0.29) is 17.7 Å². The SMILES string of the molecule is CCCn1cc(CN=C(NC(=O)c2cccc(N(C)C)c2)Nc2ccc(F)cc2)c(C)n1. The van der Waals surface area contributed by atoms with Crippen LogP contribution in [0.2, 0.25) is 0 Å². The summed E-state index contributed by atoms with van der Waals surface area (Å²) in [6, 6.07) is 13.2. The highest BCUT2D eigenvalue weighted by atomic mass is 19.1. The Balaban J connectivity index is 1.83. The molecule has 8 heteroatoms. The molecular weight excluding hydrogens is 407 g/mol. The van der Waals surface area contributed by atoms with Crippen LogP contribution in [-0.4, -0.2) is 35.7 Å². The number of carbonyl (C=O) groups excluding carboxylic acids is 1. The van der Waals surface area contributed by atoms with Gasteiger partial charge in [-0.3, -0.25) is 14.8 Å². The van der Waals surface area contributed by atoms with E-state index < -0.39 is 0 Å². The van der Waals surface area contributed by atoms with E-state index in [1.165, 1.54) is 12.1 Å². The van der Waals surface area contributed by atoms with Crippen molar-refractivity contribution in [1.29, 1.82) is 0 Å². The topological polar surface area (TPSA) is 74.6 Å². The standard InChI is InChI=1S/C24H29FN6O/c1-5-13-31-16-19(17(2)29-31)15-26-24(27-21-11-9-20(25)10-12-21)28-23(32)18-7-6-8-22(14-18)30(3)4/h6-12,14,16H,5,13,15H2,1-4H3,(H2,26,27,28,32). The van der Waals surface area contributed by atoms with E-state index in [9.17, 15) is 9.18 Å². The van der Waals surface area contributed by atoms with Crippen molar-refractivity contribution in [2.45, 2.75) is 33.4 Å². The van der Waals surface area contributed by atoms with Crippen molar-refractivity contribution in [3.63, 3.8) is 0 Å². The van der Waals surface area contributed by atoms with Gasteiger partial charge in [0.15, 0.2) is 0 Å². The highest BCUT2D eigenvalue weighted by molar-refractivity contribution is 6.10. The van der Waals surface area contributed by atoms with Crippen LogP contribution in [0.1, 0.15) is 35.0 Å². The van der Waals surface area contributed by atoms with Gasteiger partial charge in [0.25, 0.3) is 5.91 Å². The molecule has 0 aliphatic rings. The number of aliphatic imine (C=N–C) groups is 1. The van der Waals surface area contributed by atoms with Crippen molar-refractivity contribution >= 4 is 23.2 Å². The Morgan fingerprint density at radius 3 is 2.62 bits per heavy atom. The molecule has 168 valence electrons. The van der Waals surface area contributed by atoms with E-state index in [0.29, 0.717) is 17.8 Å². The van der Waals surface area contributed by atoms with Gasteiger partial charge >= 0.3 is 0 Å². The minimum Gasteiger partial charge on any atom is -0.378 e. The van der Waals surface area contributed by atoms with Crippen molar-refractivity contribution in [2.75, 3.05) is 24.3 Å². The predicted molar refractivity (Wildman–Crippen MR) is 127 cm³/mol. The molecule has 0 saturated carbocycles. The highest BCUT2D eigenvalue weighted by Gasteiger charge is 2.12. The molecular formula is C24H29FN6O. The van der Waals surface area contributed by atoms with Crippen molar-refractivity contribution in [3.05, 3.63) is 77.4 Å². The first-order chi connectivity index (χ1) is 15.4. The quantitative estimate of drug-likeness (QED) is 0.430. The number of carbonyl (C=O) groups is 1. The number of aryl methyl sites for hydroxylation is 2. The summed E-state index contributed by atoms with van der Waals surface area (Å²) in [4.78, 5) is 19.4. The Labute approximate surface area is 188 Å². The summed E-state index contributed by atoms with van der Waals surface area (Å²) in [6.07, 6.45) is 2.96. The van der Waals surface area contributed by atoms with Crippen LogP contribution in [0.15, 0.2) is 59.7 Å². The maximum absolute atomic E-state index is 13.3. The molecule has 2 aromatic carbocycles. The molecule has 2 N–H and O–H groups in total. The van der Waals surface area contributed by atoms with Crippen molar-refractivity contribution in [2.24, 2.45) is 4.99 Å². The van der Waals surface area contributed by atoms with Crippen LogP contribution in [0.5, 0.6) is 0 Å². The number of aromatic nitrogens is 2. The van der Waals surface area contributed by atoms with Crippen molar-refractivity contribution in [3.8, 4) is 0 Å². The highest BCUT2D eigenvalue weighted by Crippen LogP contribution is 2.14. The molecule has 3 rings (SSSR count). The van der Waals surface area contributed by atoms with Gasteiger partial charge in [-0.2, -0.15) is 5.10 Å². The lowest BCUT2D eigenvalue weighted by atomic mass is 10.2. The second kappa shape index (κ2) is 10.6. The van der Waals surface area contributed by atoms with Gasteiger partial charge in [0.2, 0.25) is 5.96 Å². The van der Waals surface area contributed by atoms with Gasteiger partial charge < -0.3 is 10.2 Å². The van der Waals surface area contributed by atoms with Crippen molar-refractivity contribution in [1.82, 2.24) is 15.1 Å². The lowest BCUT2D eigenvalue weighted by Crippen LogP contribution is -2.36. The Bertz CT molecular complexity index is 1090. The number of nitrogens with zero attached hydrogens (tertiary/aromatic N) is 4. The Hall–Kier alpha value is -3.68. The molecule has 0 aliphatic carbocycles. The minimum absolute atomic E-state index is 0.277. The number of hydrogen-bond acceptors (Lipinski definition) is 4. The van der Waals surface area contributed by atoms with Crippen molar-refractivity contribution < 1.29 is 9.18 Å². The zero-order chi connectivity index (χ0) is 23.1. The monoisotopic (exact) mass is 436 g/mol. The molecule has 0 atom stereocenters. The van der Waals surface area contributed by atoms with Crippen LogP contribution < -0.4 is 15.5 Å². The number of benzene rings is 2. The zero-order valence-electron chi connectivity index (χ0n) is 18.9. The first-order valence-corrected chi connectivity index (χ1v) is 10.5. The average Bonchev–Trinajstić information content (AvgIpc) is 3.13. The van der Waals surface area contributed by atoms with E-state index in [4.69, 9.17) is 0 Å². The molecule has 0 bridgehead atoms. The zero-order valence-corrected chi connectivity index (χ0v) is 18.9. The average molecular weight is 437 g/mol. The molecule has 7 nitrogen and oxygen atoms in total. The summed E-state index contributed by atoms with van der Waals surface area (Å²) in [7, 11) is 3.84. The minimum atomic E-state index is -0.336. The molecule has 3 aromatic rings. The molecule has 32 heavy (non-hydrogen) atoms. The van der Waals surface area contributed by atoms with Crippen LogP contribution in [-0.2, 0) is 13.1 Å². The lowest BCUT2D eigenvalue weighted by molar-refractivity contribution is 0.0977. The molecule has 1 heterocycles. The van der Waals surface area contributed by atoms with Crippen LogP contribution in [0.25, 0.3) is 0 Å². The molecule has 0 fully saturated rings. The van der Waals surface area contributed by atoms with Crippen LogP contribution >= 0.6 is 0 Å². The summed E-state index contributed by atoms with van der Waals surface area (Å²) >= 11 is 0. The van der Waals surface area contributed by atoms with E-state index >= 15 is 0 Å². The van der Waals surface area contributed by atoms with Crippen LogP contribution in [0.3, 0.4) is 0 Å². The van der Waals surface area contributed by atoms with E-state index in [1.807, 2.05) is 55.0 Å². The molecule has 1 amide bonds. The van der Waals surface area contributed by atoms with Gasteiger partial charge in [-0.05, 0) is 55.8 Å². The third-order valence-electron chi connectivity index (χ3n) is 4.87. The molecule has 0 aliphatic heterocycles. The Morgan fingerprint density at radius 1 is 1.19 bits per heavy atom. The van der Waals surface area contributed by atoms with Crippen LogP contribution in [0.4, 0.5) is 15.8 Å². The maximum Gasteiger partial charge on any atom is 0.258 e. The number of halogens is 1. The number of anilines is 2. The second-order valence-electron chi connectivity index (χ2n) is 7.70. The number of guanidine groups is 1. The number of amides is 1. The second-order valence-corrected chi connectivity index (χ2v) is 7.70. The third kappa shape index (κ3) is 6.16. The normalized spacial score (nSPS) is 11.3. The fraction of sp³-hybridized carbons (Fsp3) is 0.292. The fourth-order valence-electron chi connectivity index (χ4n) is 3.11. The van der Waals surface area contributed by atoms with Gasteiger partial charge in [-0.1, -0.05) is 13.0 Å². The van der Waals surface area contributed by atoms with E-state index in [2.05, 4.69) is 27.6 Å². The number of hydrogen-bond donors (Lipinski definition) is 2. The third-order valence-corrected chi connectivity index (χ3v) is 4.87.